The van der Waals surface area contributed by atoms with Crippen molar-refractivity contribution in [1.82, 2.24) is 5.32 Å². The summed E-state index contributed by atoms with van der Waals surface area (Å²) in [6.07, 6.45) is 0.751. The number of amides is 2. The number of nitrogens with zero attached hydrogens (tertiary/aromatic N) is 1. The highest BCUT2D eigenvalue weighted by Crippen LogP contribution is 2.37. The van der Waals surface area contributed by atoms with Crippen molar-refractivity contribution in [2.45, 2.75) is 19.4 Å². The van der Waals surface area contributed by atoms with Gasteiger partial charge in [0.1, 0.15) is 6.04 Å². The molecular formula is C18H17ClN2O2. The van der Waals surface area contributed by atoms with E-state index in [1.54, 1.807) is 17.0 Å². The number of nitrogens with one attached hydrogen (secondary N) is 1. The summed E-state index contributed by atoms with van der Waals surface area (Å²) in [6, 6.07) is 14.7. The molecule has 5 heteroatoms. The van der Waals surface area contributed by atoms with E-state index in [4.69, 9.17) is 11.6 Å². The van der Waals surface area contributed by atoms with Crippen molar-refractivity contribution in [3.8, 4) is 0 Å². The molecule has 0 unspecified atom stereocenters. The second kappa shape index (κ2) is 6.42. The third-order valence-electron chi connectivity index (χ3n) is 3.92. The van der Waals surface area contributed by atoms with Gasteiger partial charge in [-0.25, -0.2) is 0 Å². The fourth-order valence-corrected chi connectivity index (χ4v) is 3.05. The van der Waals surface area contributed by atoms with E-state index in [1.807, 2.05) is 36.4 Å². The quantitative estimate of drug-likeness (QED) is 0.937. The van der Waals surface area contributed by atoms with Gasteiger partial charge >= 0.3 is 0 Å². The molecule has 0 aliphatic carbocycles. The van der Waals surface area contributed by atoms with E-state index >= 15 is 0 Å². The molecule has 0 saturated heterocycles. The molecule has 1 aliphatic heterocycles. The van der Waals surface area contributed by atoms with Crippen molar-refractivity contribution < 1.29 is 9.59 Å². The summed E-state index contributed by atoms with van der Waals surface area (Å²) in [5.74, 6) is -0.354. The zero-order valence-corrected chi connectivity index (χ0v) is 13.5. The summed E-state index contributed by atoms with van der Waals surface area (Å²) >= 11 is 6.05. The van der Waals surface area contributed by atoms with Gasteiger partial charge in [0.2, 0.25) is 5.91 Å². The van der Waals surface area contributed by atoms with Crippen LogP contribution in [0.15, 0.2) is 48.5 Å². The maximum Gasteiger partial charge on any atom is 0.254 e. The Kier molecular flexibility index (Phi) is 4.35. The van der Waals surface area contributed by atoms with Crippen LogP contribution in [0.5, 0.6) is 0 Å². The molecule has 1 N–H and O–H groups in total. The first kappa shape index (κ1) is 15.6. The van der Waals surface area contributed by atoms with Crippen molar-refractivity contribution in [3.63, 3.8) is 0 Å². The number of carbonyl (C=O) groups excluding carboxylic acids is 2. The number of fused-ring (bicyclic) bond motifs is 1. The van der Waals surface area contributed by atoms with Crippen LogP contribution in [-0.4, -0.2) is 18.4 Å². The zero-order chi connectivity index (χ0) is 16.4. The third-order valence-corrected chi connectivity index (χ3v) is 4.15. The first-order chi connectivity index (χ1) is 11.1. The molecule has 4 nitrogen and oxygen atoms in total. The maximum atomic E-state index is 12.7. The highest BCUT2D eigenvalue weighted by molar-refractivity contribution is 6.31. The minimum atomic E-state index is -0.656. The standard InChI is InChI=1S/C18H17ClN2O2/c1-12(22)20-17-15-11-14(19)7-8-16(15)21(18(17)23)10-9-13-5-3-2-4-6-13/h2-8,11,17H,9-10H2,1H3,(H,20,22)/t17-/m1/s1. The van der Waals surface area contributed by atoms with E-state index in [2.05, 4.69) is 5.32 Å². The van der Waals surface area contributed by atoms with Crippen LogP contribution in [0.25, 0.3) is 0 Å². The van der Waals surface area contributed by atoms with Gasteiger partial charge < -0.3 is 10.2 Å². The second-order valence-corrected chi connectivity index (χ2v) is 6.00. The number of hydrogen-bond acceptors (Lipinski definition) is 2. The molecule has 0 radical (unpaired) electrons. The highest BCUT2D eigenvalue weighted by Gasteiger charge is 2.37. The predicted octanol–water partition coefficient (Wildman–Crippen LogP) is 3.11. The number of hydrogen-bond donors (Lipinski definition) is 1. The molecule has 1 atom stereocenters. The van der Waals surface area contributed by atoms with E-state index in [1.165, 1.54) is 12.5 Å². The molecule has 1 aliphatic rings. The van der Waals surface area contributed by atoms with Crippen LogP contribution in [0.1, 0.15) is 24.1 Å². The number of rotatable bonds is 4. The summed E-state index contributed by atoms with van der Waals surface area (Å²) in [5.41, 5.74) is 2.73. The highest BCUT2D eigenvalue weighted by atomic mass is 35.5. The van der Waals surface area contributed by atoms with Crippen LogP contribution in [0, 0.1) is 0 Å². The van der Waals surface area contributed by atoms with Crippen molar-refractivity contribution >= 4 is 29.1 Å². The first-order valence-corrected chi connectivity index (χ1v) is 7.86. The summed E-state index contributed by atoms with van der Waals surface area (Å²) in [6.45, 7) is 1.97. The molecule has 0 spiro atoms. The van der Waals surface area contributed by atoms with Crippen LogP contribution in [0.4, 0.5) is 5.69 Å². The fraction of sp³-hybridized carbons (Fsp3) is 0.222. The summed E-state index contributed by atoms with van der Waals surface area (Å²) < 4.78 is 0. The predicted molar refractivity (Wildman–Crippen MR) is 90.5 cm³/mol. The lowest BCUT2D eigenvalue weighted by Gasteiger charge is -2.18. The number of halogens is 1. The Hall–Kier alpha value is -2.33. The maximum absolute atomic E-state index is 12.7. The Morgan fingerprint density at radius 2 is 1.96 bits per heavy atom. The third kappa shape index (κ3) is 3.22. The molecule has 23 heavy (non-hydrogen) atoms. The average Bonchev–Trinajstić information content (AvgIpc) is 2.78. The van der Waals surface area contributed by atoms with E-state index in [9.17, 15) is 9.59 Å². The van der Waals surface area contributed by atoms with Crippen molar-refractivity contribution in [1.29, 1.82) is 0 Å². The van der Waals surface area contributed by atoms with Crippen LogP contribution >= 0.6 is 11.6 Å². The van der Waals surface area contributed by atoms with Gasteiger partial charge in [0.15, 0.2) is 0 Å². The van der Waals surface area contributed by atoms with Crippen LogP contribution in [0.2, 0.25) is 5.02 Å². The normalized spacial score (nSPS) is 16.3. The van der Waals surface area contributed by atoms with Crippen LogP contribution < -0.4 is 10.2 Å². The lowest BCUT2D eigenvalue weighted by Crippen LogP contribution is -2.37. The topological polar surface area (TPSA) is 49.4 Å². The SMILES string of the molecule is CC(=O)N[C@H]1C(=O)N(CCc2ccccc2)c2ccc(Cl)cc21. The van der Waals surface area contributed by atoms with Gasteiger partial charge in [-0.15, -0.1) is 0 Å². The van der Waals surface area contributed by atoms with E-state index < -0.39 is 6.04 Å². The first-order valence-electron chi connectivity index (χ1n) is 7.48. The van der Waals surface area contributed by atoms with Gasteiger partial charge in [-0.05, 0) is 30.2 Å². The van der Waals surface area contributed by atoms with Gasteiger partial charge in [0.05, 0.1) is 0 Å². The number of carbonyl (C=O) groups is 2. The molecule has 0 fully saturated rings. The van der Waals surface area contributed by atoms with Crippen LogP contribution in [-0.2, 0) is 16.0 Å². The van der Waals surface area contributed by atoms with E-state index in [0.29, 0.717) is 11.6 Å². The molecule has 0 bridgehead atoms. The molecule has 2 aromatic rings. The Morgan fingerprint density at radius 3 is 2.65 bits per heavy atom. The van der Waals surface area contributed by atoms with Crippen LogP contribution in [0.3, 0.4) is 0 Å². The zero-order valence-electron chi connectivity index (χ0n) is 12.8. The Morgan fingerprint density at radius 1 is 1.22 bits per heavy atom. The summed E-state index contributed by atoms with van der Waals surface area (Å²) in [4.78, 5) is 25.8. The van der Waals surface area contributed by atoms with E-state index in [-0.39, 0.29) is 11.8 Å². The van der Waals surface area contributed by atoms with Gasteiger partial charge in [-0.2, -0.15) is 0 Å². The van der Waals surface area contributed by atoms with E-state index in [0.717, 1.165) is 17.7 Å². The average molecular weight is 329 g/mol. The molecule has 2 aromatic carbocycles. The second-order valence-electron chi connectivity index (χ2n) is 5.56. The number of anilines is 1. The molecule has 118 valence electrons. The summed E-state index contributed by atoms with van der Waals surface area (Å²) in [7, 11) is 0. The monoisotopic (exact) mass is 328 g/mol. The molecule has 3 rings (SSSR count). The minimum Gasteiger partial charge on any atom is -0.341 e. The van der Waals surface area contributed by atoms with Gasteiger partial charge in [0, 0.05) is 29.7 Å². The Balaban J connectivity index is 1.86. The molecular weight excluding hydrogens is 312 g/mol. The lowest BCUT2D eigenvalue weighted by atomic mass is 10.1. The summed E-state index contributed by atoms with van der Waals surface area (Å²) in [5, 5.41) is 3.27. The smallest absolute Gasteiger partial charge is 0.254 e. The van der Waals surface area contributed by atoms with Crippen molar-refractivity contribution in [2.75, 3.05) is 11.4 Å². The number of benzene rings is 2. The lowest BCUT2D eigenvalue weighted by molar-refractivity contribution is -0.126. The Bertz CT molecular complexity index is 746. The molecule has 1 heterocycles. The van der Waals surface area contributed by atoms with Crippen molar-refractivity contribution in [2.24, 2.45) is 0 Å². The molecule has 0 saturated carbocycles. The Labute approximate surface area is 140 Å². The van der Waals surface area contributed by atoms with Gasteiger partial charge in [0.25, 0.3) is 5.91 Å². The molecule has 0 aromatic heterocycles. The van der Waals surface area contributed by atoms with Gasteiger partial charge in [-0.1, -0.05) is 41.9 Å². The fourth-order valence-electron chi connectivity index (χ4n) is 2.87. The molecule has 2 amide bonds. The van der Waals surface area contributed by atoms with Gasteiger partial charge in [-0.3, -0.25) is 9.59 Å². The largest absolute Gasteiger partial charge is 0.341 e. The minimum absolute atomic E-state index is 0.117. The van der Waals surface area contributed by atoms with Crippen molar-refractivity contribution in [3.05, 3.63) is 64.7 Å².